The third-order valence-electron chi connectivity index (χ3n) is 4.56. The molecule has 0 saturated carbocycles. The van der Waals surface area contributed by atoms with Crippen LogP contribution in [0.25, 0.3) is 0 Å². The quantitative estimate of drug-likeness (QED) is 0.778. The molecule has 0 aromatic heterocycles. The van der Waals surface area contributed by atoms with Gasteiger partial charge in [0.05, 0.1) is 11.5 Å². The minimum atomic E-state index is -2.84. The fraction of sp³-hybridized carbons (Fsp3) is 0.929. The molecule has 2 aliphatic heterocycles. The molecule has 2 heterocycles. The molecule has 0 aromatic carbocycles. The number of hydrogen-bond donors (Lipinski definition) is 2. The molecular weight excluding hydrogens is 276 g/mol. The molecular formula is C14H26N2O3S. The molecule has 1 amide bonds. The van der Waals surface area contributed by atoms with Crippen LogP contribution in [-0.2, 0) is 14.6 Å². The van der Waals surface area contributed by atoms with Gasteiger partial charge < -0.3 is 10.6 Å². The second kappa shape index (κ2) is 6.89. The largest absolute Gasteiger partial charge is 0.356 e. The van der Waals surface area contributed by atoms with E-state index in [1.165, 1.54) is 12.8 Å². The summed E-state index contributed by atoms with van der Waals surface area (Å²) in [5.74, 6) is 1.65. The molecule has 2 fully saturated rings. The number of piperidine rings is 1. The van der Waals surface area contributed by atoms with Crippen molar-refractivity contribution in [2.24, 2.45) is 17.8 Å². The molecule has 2 aliphatic rings. The minimum absolute atomic E-state index is 0.0624. The second-order valence-corrected chi connectivity index (χ2v) is 8.59. The summed E-state index contributed by atoms with van der Waals surface area (Å²) >= 11 is 0. The minimum Gasteiger partial charge on any atom is -0.356 e. The number of rotatable bonds is 5. The number of nitrogens with one attached hydrogen (secondary N) is 2. The normalized spacial score (nSPS) is 30.9. The van der Waals surface area contributed by atoms with Crippen molar-refractivity contribution >= 4 is 15.7 Å². The Morgan fingerprint density at radius 1 is 1.40 bits per heavy atom. The van der Waals surface area contributed by atoms with Crippen LogP contribution in [0.2, 0.25) is 0 Å². The van der Waals surface area contributed by atoms with Crippen LogP contribution >= 0.6 is 0 Å². The van der Waals surface area contributed by atoms with Crippen LogP contribution in [0.15, 0.2) is 0 Å². The summed E-state index contributed by atoms with van der Waals surface area (Å²) in [5, 5.41) is 6.28. The van der Waals surface area contributed by atoms with Crippen molar-refractivity contribution in [3.05, 3.63) is 0 Å². The topological polar surface area (TPSA) is 75.3 Å². The van der Waals surface area contributed by atoms with Crippen LogP contribution in [0, 0.1) is 17.8 Å². The first-order valence-corrected chi connectivity index (χ1v) is 9.46. The van der Waals surface area contributed by atoms with Gasteiger partial charge in [-0.15, -0.1) is 0 Å². The van der Waals surface area contributed by atoms with Crippen molar-refractivity contribution in [2.45, 2.75) is 32.6 Å². The first kappa shape index (κ1) is 15.8. The fourth-order valence-electron chi connectivity index (χ4n) is 3.19. The van der Waals surface area contributed by atoms with E-state index in [9.17, 15) is 13.2 Å². The Balaban J connectivity index is 1.67. The van der Waals surface area contributed by atoms with Gasteiger partial charge in [0.1, 0.15) is 0 Å². The van der Waals surface area contributed by atoms with E-state index in [0.717, 1.165) is 13.1 Å². The van der Waals surface area contributed by atoms with Gasteiger partial charge in [0, 0.05) is 13.0 Å². The predicted molar refractivity (Wildman–Crippen MR) is 79.1 cm³/mol. The highest BCUT2D eigenvalue weighted by Gasteiger charge is 2.28. The highest BCUT2D eigenvalue weighted by molar-refractivity contribution is 7.91. The molecule has 3 atom stereocenters. The molecule has 2 saturated heterocycles. The Hall–Kier alpha value is -0.620. The van der Waals surface area contributed by atoms with E-state index < -0.39 is 9.84 Å². The van der Waals surface area contributed by atoms with Crippen molar-refractivity contribution in [3.8, 4) is 0 Å². The van der Waals surface area contributed by atoms with E-state index in [-0.39, 0.29) is 23.3 Å². The zero-order valence-electron chi connectivity index (χ0n) is 12.2. The van der Waals surface area contributed by atoms with Crippen LogP contribution in [0.4, 0.5) is 0 Å². The maximum Gasteiger partial charge on any atom is 0.220 e. The van der Waals surface area contributed by atoms with Crippen molar-refractivity contribution in [3.63, 3.8) is 0 Å². The van der Waals surface area contributed by atoms with Crippen LogP contribution in [0.5, 0.6) is 0 Å². The summed E-state index contributed by atoms with van der Waals surface area (Å²) in [6, 6.07) is 0. The van der Waals surface area contributed by atoms with Crippen molar-refractivity contribution in [1.29, 1.82) is 0 Å². The fourth-order valence-corrected chi connectivity index (χ4v) is 5.05. The lowest BCUT2D eigenvalue weighted by Crippen LogP contribution is -2.36. The number of carbonyl (C=O) groups is 1. The maximum absolute atomic E-state index is 11.9. The van der Waals surface area contributed by atoms with Gasteiger partial charge in [0.25, 0.3) is 0 Å². The van der Waals surface area contributed by atoms with E-state index in [1.807, 2.05) is 0 Å². The lowest BCUT2D eigenvalue weighted by atomic mass is 9.85. The second-order valence-electron chi connectivity index (χ2n) is 6.36. The van der Waals surface area contributed by atoms with E-state index in [0.29, 0.717) is 31.2 Å². The third-order valence-corrected chi connectivity index (χ3v) is 6.40. The van der Waals surface area contributed by atoms with Gasteiger partial charge in [-0.25, -0.2) is 8.42 Å². The van der Waals surface area contributed by atoms with Crippen molar-refractivity contribution in [2.75, 3.05) is 31.1 Å². The number of hydrogen-bond acceptors (Lipinski definition) is 4. The van der Waals surface area contributed by atoms with Gasteiger partial charge in [0.2, 0.25) is 5.91 Å². The zero-order chi connectivity index (χ0) is 14.6. The Kier molecular flexibility index (Phi) is 5.43. The smallest absolute Gasteiger partial charge is 0.220 e. The van der Waals surface area contributed by atoms with E-state index in [4.69, 9.17) is 0 Å². The third kappa shape index (κ3) is 4.74. The predicted octanol–water partition coefficient (Wildman–Crippen LogP) is 0.563. The molecule has 0 aromatic rings. The number of amides is 1. The Labute approximate surface area is 121 Å². The van der Waals surface area contributed by atoms with Crippen molar-refractivity contribution in [1.82, 2.24) is 10.6 Å². The van der Waals surface area contributed by atoms with Crippen LogP contribution in [-0.4, -0.2) is 45.5 Å². The molecule has 20 heavy (non-hydrogen) atoms. The van der Waals surface area contributed by atoms with Crippen LogP contribution in [0.1, 0.15) is 32.6 Å². The van der Waals surface area contributed by atoms with E-state index in [1.54, 1.807) is 0 Å². The molecule has 0 bridgehead atoms. The SMILES string of the molecule is CC(CC(=O)NCC1CCS(=O)(=O)C1)C1CCCNC1. The summed E-state index contributed by atoms with van der Waals surface area (Å²) in [7, 11) is -2.84. The molecule has 0 radical (unpaired) electrons. The highest BCUT2D eigenvalue weighted by atomic mass is 32.2. The monoisotopic (exact) mass is 302 g/mol. The Bertz CT molecular complexity index is 430. The molecule has 2 rings (SSSR count). The average molecular weight is 302 g/mol. The molecule has 6 heteroatoms. The molecule has 5 nitrogen and oxygen atoms in total. The Morgan fingerprint density at radius 2 is 2.20 bits per heavy atom. The summed E-state index contributed by atoms with van der Waals surface area (Å²) in [5.41, 5.74) is 0. The summed E-state index contributed by atoms with van der Waals surface area (Å²) in [6.45, 7) is 4.74. The Morgan fingerprint density at radius 3 is 2.80 bits per heavy atom. The van der Waals surface area contributed by atoms with Gasteiger partial charge in [-0.1, -0.05) is 6.92 Å². The zero-order valence-corrected chi connectivity index (χ0v) is 13.0. The first-order valence-electron chi connectivity index (χ1n) is 7.64. The first-order chi connectivity index (χ1) is 9.46. The van der Waals surface area contributed by atoms with E-state index >= 15 is 0 Å². The van der Waals surface area contributed by atoms with Crippen LogP contribution < -0.4 is 10.6 Å². The van der Waals surface area contributed by atoms with Crippen LogP contribution in [0.3, 0.4) is 0 Å². The lowest BCUT2D eigenvalue weighted by Gasteiger charge is -2.28. The highest BCUT2D eigenvalue weighted by Crippen LogP contribution is 2.22. The van der Waals surface area contributed by atoms with Gasteiger partial charge in [-0.2, -0.15) is 0 Å². The summed E-state index contributed by atoms with van der Waals surface area (Å²) in [4.78, 5) is 11.9. The van der Waals surface area contributed by atoms with Gasteiger partial charge in [-0.05, 0) is 50.1 Å². The molecule has 3 unspecified atom stereocenters. The van der Waals surface area contributed by atoms with E-state index in [2.05, 4.69) is 17.6 Å². The average Bonchev–Trinajstić information content (AvgIpc) is 2.77. The maximum atomic E-state index is 11.9. The van der Waals surface area contributed by atoms with Crippen molar-refractivity contribution < 1.29 is 13.2 Å². The number of sulfone groups is 1. The summed E-state index contributed by atoms with van der Waals surface area (Å²) < 4.78 is 22.7. The molecule has 0 aliphatic carbocycles. The summed E-state index contributed by atoms with van der Waals surface area (Å²) in [6.07, 6.45) is 3.62. The lowest BCUT2D eigenvalue weighted by molar-refractivity contribution is -0.122. The number of carbonyl (C=O) groups excluding carboxylic acids is 1. The molecule has 2 N–H and O–H groups in total. The van der Waals surface area contributed by atoms with Gasteiger partial charge >= 0.3 is 0 Å². The molecule has 0 spiro atoms. The standard InChI is InChI=1S/C14H26N2O3S/c1-11(13-3-2-5-15-9-13)7-14(17)16-8-12-4-6-20(18,19)10-12/h11-13,15H,2-10H2,1H3,(H,16,17). The van der Waals surface area contributed by atoms with Gasteiger partial charge in [-0.3, -0.25) is 4.79 Å². The molecule has 116 valence electrons. The van der Waals surface area contributed by atoms with Gasteiger partial charge in [0.15, 0.2) is 9.84 Å².